The van der Waals surface area contributed by atoms with Crippen molar-refractivity contribution in [3.63, 3.8) is 0 Å². The van der Waals surface area contributed by atoms with Gasteiger partial charge in [-0.2, -0.15) is 0 Å². The summed E-state index contributed by atoms with van der Waals surface area (Å²) in [6.45, 7) is 0. The number of furan rings is 1. The third-order valence-corrected chi connectivity index (χ3v) is 11.9. The van der Waals surface area contributed by atoms with Crippen LogP contribution in [0.25, 0.3) is 44.2 Å². The van der Waals surface area contributed by atoms with Crippen LogP contribution in [0.2, 0.25) is 0 Å². The van der Waals surface area contributed by atoms with Crippen LogP contribution in [0.4, 0.5) is 0 Å². The van der Waals surface area contributed by atoms with Crippen LogP contribution in [0, 0.1) is 0 Å². The van der Waals surface area contributed by atoms with E-state index in [9.17, 15) is 0 Å². The minimum absolute atomic E-state index is 0.00846. The summed E-state index contributed by atoms with van der Waals surface area (Å²) in [5.41, 5.74) is 10.2. The number of hydrogen-bond acceptors (Lipinski definition) is 2. The van der Waals surface area contributed by atoms with E-state index in [1.54, 1.807) is 0 Å². The molecule has 2 unspecified atom stereocenters. The molecular formula is C37H23O2P. The molecule has 2 nitrogen and oxygen atoms in total. The zero-order valence-electron chi connectivity index (χ0n) is 21.5. The van der Waals surface area contributed by atoms with E-state index in [1.165, 1.54) is 27.8 Å². The summed E-state index contributed by atoms with van der Waals surface area (Å²) in [5, 5.41) is 5.03. The second-order valence-electron chi connectivity index (χ2n) is 10.8. The quantitative estimate of drug-likeness (QED) is 0.210. The van der Waals surface area contributed by atoms with Gasteiger partial charge in [0, 0.05) is 32.6 Å². The first-order valence-electron chi connectivity index (χ1n) is 13.7. The van der Waals surface area contributed by atoms with Crippen LogP contribution in [0.15, 0.2) is 138 Å². The van der Waals surface area contributed by atoms with Gasteiger partial charge in [-0.05, 0) is 57.1 Å². The molecule has 3 heteroatoms. The molecule has 0 amide bonds. The van der Waals surface area contributed by atoms with Gasteiger partial charge in [0.25, 0.3) is 0 Å². The Kier molecular flexibility index (Phi) is 4.41. The molecule has 0 N–H and O–H groups in total. The average Bonchev–Trinajstić information content (AvgIpc) is 3.64. The summed E-state index contributed by atoms with van der Waals surface area (Å²) in [6.07, 6.45) is 0. The maximum atomic E-state index is 15.2. The van der Waals surface area contributed by atoms with Crippen LogP contribution in [0.3, 0.4) is 0 Å². The van der Waals surface area contributed by atoms with E-state index in [1.807, 2.05) is 48.5 Å². The van der Waals surface area contributed by atoms with Crippen LogP contribution >= 0.6 is 7.14 Å². The van der Waals surface area contributed by atoms with E-state index in [0.29, 0.717) is 0 Å². The molecule has 2 atom stereocenters. The summed E-state index contributed by atoms with van der Waals surface area (Å²) in [5.74, 6) is 0.00846. The van der Waals surface area contributed by atoms with Gasteiger partial charge in [-0.3, -0.25) is 0 Å². The summed E-state index contributed by atoms with van der Waals surface area (Å²) in [6, 6.07) is 46.2. The van der Waals surface area contributed by atoms with Gasteiger partial charge in [-0.15, -0.1) is 0 Å². The number of hydrogen-bond donors (Lipinski definition) is 0. The van der Waals surface area contributed by atoms with E-state index in [2.05, 4.69) is 84.9 Å². The third kappa shape index (κ3) is 2.77. The second kappa shape index (κ2) is 7.94. The molecule has 0 fully saturated rings. The fourth-order valence-electron chi connectivity index (χ4n) is 7.11. The second-order valence-corrected chi connectivity index (χ2v) is 13.5. The van der Waals surface area contributed by atoms with Crippen LogP contribution < -0.4 is 15.9 Å². The molecule has 1 aromatic heterocycles. The zero-order valence-corrected chi connectivity index (χ0v) is 22.4. The van der Waals surface area contributed by atoms with Gasteiger partial charge in [-0.25, -0.2) is 0 Å². The Bertz CT molecular complexity index is 2210. The molecule has 0 spiro atoms. The molecule has 188 valence electrons. The number of para-hydroxylation sites is 1. The third-order valence-electron chi connectivity index (χ3n) is 8.78. The highest BCUT2D eigenvalue weighted by Crippen LogP contribution is 2.59. The van der Waals surface area contributed by atoms with E-state index < -0.39 is 7.14 Å². The Morgan fingerprint density at radius 3 is 2.17 bits per heavy atom. The summed E-state index contributed by atoms with van der Waals surface area (Å²) in [7, 11) is -3.03. The molecule has 0 radical (unpaired) electrons. The standard InChI is InChI=1S/C37H23O2P/c38-40(24-10-2-1-3-11-24)33-17-9-7-15-30(33)36-34(40)21-20-29-25-12-4-5-14-28(25)35(37(29)36)23-18-19-27-26-13-6-8-16-31(26)39-32(27)22-23/h1-22,35H. The lowest BCUT2D eigenvalue weighted by Gasteiger charge is -2.19. The molecule has 40 heavy (non-hydrogen) atoms. The molecule has 0 saturated carbocycles. The molecule has 7 aromatic rings. The van der Waals surface area contributed by atoms with Gasteiger partial charge in [0.15, 0.2) is 7.14 Å². The van der Waals surface area contributed by atoms with E-state index in [4.69, 9.17) is 4.42 Å². The Labute approximate surface area is 231 Å². The smallest absolute Gasteiger partial charge is 0.172 e. The topological polar surface area (TPSA) is 30.2 Å². The molecule has 1 aliphatic carbocycles. The molecule has 1 aliphatic heterocycles. The molecule has 0 saturated heterocycles. The Hall–Kier alpha value is -4.65. The van der Waals surface area contributed by atoms with Crippen LogP contribution in [0.5, 0.6) is 0 Å². The fraction of sp³-hybridized carbons (Fsp3) is 0.0270. The molecule has 9 rings (SSSR count). The monoisotopic (exact) mass is 530 g/mol. The Morgan fingerprint density at radius 1 is 0.550 bits per heavy atom. The van der Waals surface area contributed by atoms with Gasteiger partial charge >= 0.3 is 0 Å². The van der Waals surface area contributed by atoms with E-state index in [0.717, 1.165) is 49.0 Å². The first-order valence-corrected chi connectivity index (χ1v) is 15.4. The molecule has 2 heterocycles. The first-order chi connectivity index (χ1) is 19.7. The molecule has 6 aromatic carbocycles. The first kappa shape index (κ1) is 22.2. The van der Waals surface area contributed by atoms with E-state index in [-0.39, 0.29) is 5.92 Å². The molecular weight excluding hydrogens is 507 g/mol. The highest BCUT2D eigenvalue weighted by molar-refractivity contribution is 7.86. The van der Waals surface area contributed by atoms with E-state index >= 15 is 4.57 Å². The van der Waals surface area contributed by atoms with Crippen molar-refractivity contribution in [2.75, 3.05) is 0 Å². The summed E-state index contributed by atoms with van der Waals surface area (Å²) in [4.78, 5) is 0. The number of rotatable bonds is 2. The fourth-order valence-corrected chi connectivity index (χ4v) is 10.2. The van der Waals surface area contributed by atoms with Crippen molar-refractivity contribution in [1.29, 1.82) is 0 Å². The minimum atomic E-state index is -3.03. The molecule has 2 aliphatic rings. The predicted molar refractivity (Wildman–Crippen MR) is 165 cm³/mol. The summed E-state index contributed by atoms with van der Waals surface area (Å²) < 4.78 is 21.6. The van der Waals surface area contributed by atoms with Crippen molar-refractivity contribution in [2.45, 2.75) is 5.92 Å². The lowest BCUT2D eigenvalue weighted by atomic mass is 9.84. The van der Waals surface area contributed by atoms with Crippen LogP contribution in [-0.4, -0.2) is 0 Å². The van der Waals surface area contributed by atoms with Crippen molar-refractivity contribution in [3.05, 3.63) is 150 Å². The van der Waals surface area contributed by atoms with Crippen molar-refractivity contribution in [2.24, 2.45) is 0 Å². The van der Waals surface area contributed by atoms with Crippen molar-refractivity contribution >= 4 is 45.0 Å². The zero-order chi connectivity index (χ0) is 26.4. The lowest BCUT2D eigenvalue weighted by molar-refractivity contribution is 0.593. The molecule has 0 bridgehead atoms. The average molecular weight is 531 g/mol. The van der Waals surface area contributed by atoms with Crippen molar-refractivity contribution < 1.29 is 8.98 Å². The Balaban J connectivity index is 1.36. The number of benzene rings is 6. The van der Waals surface area contributed by atoms with Gasteiger partial charge in [0.2, 0.25) is 0 Å². The van der Waals surface area contributed by atoms with Crippen LogP contribution in [-0.2, 0) is 4.57 Å². The highest BCUT2D eigenvalue weighted by atomic mass is 31.2. The highest BCUT2D eigenvalue weighted by Gasteiger charge is 2.44. The lowest BCUT2D eigenvalue weighted by Crippen LogP contribution is -2.20. The summed E-state index contributed by atoms with van der Waals surface area (Å²) >= 11 is 0. The normalized spacial score (nSPS) is 18.4. The van der Waals surface area contributed by atoms with Crippen molar-refractivity contribution in [3.8, 4) is 22.3 Å². The SMILES string of the molecule is O=P1(c2ccccc2)c2ccccc2-c2c1ccc1c2C(c2ccc3c(c2)oc2ccccc23)c2ccccc2-1. The maximum absolute atomic E-state index is 15.2. The van der Waals surface area contributed by atoms with Crippen LogP contribution in [0.1, 0.15) is 22.6 Å². The van der Waals surface area contributed by atoms with Gasteiger partial charge in [0.05, 0.1) is 0 Å². The minimum Gasteiger partial charge on any atom is -0.456 e. The largest absolute Gasteiger partial charge is 0.456 e. The maximum Gasteiger partial charge on any atom is 0.172 e. The van der Waals surface area contributed by atoms with Gasteiger partial charge in [0.1, 0.15) is 11.2 Å². The Morgan fingerprint density at radius 2 is 1.27 bits per heavy atom. The van der Waals surface area contributed by atoms with Gasteiger partial charge in [-0.1, -0.05) is 115 Å². The predicted octanol–water partition coefficient (Wildman–Crippen LogP) is 8.37. The van der Waals surface area contributed by atoms with Gasteiger partial charge < -0.3 is 8.98 Å². The van der Waals surface area contributed by atoms with Crippen molar-refractivity contribution in [1.82, 2.24) is 0 Å². The number of fused-ring (bicyclic) bond motifs is 10.